The van der Waals surface area contributed by atoms with E-state index in [0.29, 0.717) is 12.3 Å². The van der Waals surface area contributed by atoms with Crippen LogP contribution in [0.2, 0.25) is 0 Å². The Bertz CT molecular complexity index is 796. The molecule has 2 aromatic rings. The fraction of sp³-hybridized carbons (Fsp3) is 0.545. The molecule has 1 aliphatic heterocycles. The predicted molar refractivity (Wildman–Crippen MR) is 126 cm³/mol. The highest BCUT2D eigenvalue weighted by Crippen LogP contribution is 2.26. The van der Waals surface area contributed by atoms with Gasteiger partial charge in [0, 0.05) is 31.1 Å². The van der Waals surface area contributed by atoms with Gasteiger partial charge in [-0.15, -0.1) is 23.7 Å². The van der Waals surface area contributed by atoms with Crippen LogP contribution in [-0.4, -0.2) is 55.5 Å². The van der Waals surface area contributed by atoms with Crippen molar-refractivity contribution in [1.29, 1.82) is 0 Å². The third kappa shape index (κ3) is 7.96. The molecule has 2 atom stereocenters. The minimum Gasteiger partial charge on any atom is -0.482 e. The van der Waals surface area contributed by atoms with Crippen molar-refractivity contribution in [2.24, 2.45) is 0 Å². The molecule has 1 aromatic heterocycles. The molecule has 1 aliphatic rings. The van der Waals surface area contributed by atoms with E-state index in [1.807, 2.05) is 29.6 Å². The number of benzene rings is 1. The molecule has 172 valence electrons. The molecule has 0 saturated carbocycles. The van der Waals surface area contributed by atoms with E-state index in [1.165, 1.54) is 26.4 Å². The molecule has 0 aliphatic carbocycles. The number of aliphatic hydroxyl groups is 1. The van der Waals surface area contributed by atoms with Gasteiger partial charge in [0.25, 0.3) is 0 Å². The number of ether oxygens (including phenoxy) is 2. The van der Waals surface area contributed by atoms with Gasteiger partial charge in [-0.2, -0.15) is 0 Å². The number of halogens is 1. The Hall–Kier alpha value is -1.87. The number of hydrogen-bond acceptors (Lipinski definition) is 8. The fourth-order valence-electron chi connectivity index (χ4n) is 3.43. The minimum atomic E-state index is -0.615. The van der Waals surface area contributed by atoms with Crippen molar-refractivity contribution in [3.63, 3.8) is 0 Å². The van der Waals surface area contributed by atoms with Crippen LogP contribution >= 0.6 is 23.7 Å². The van der Waals surface area contributed by atoms with Gasteiger partial charge < -0.3 is 24.8 Å². The van der Waals surface area contributed by atoms with E-state index >= 15 is 0 Å². The summed E-state index contributed by atoms with van der Waals surface area (Å²) in [6.07, 6.45) is 3.93. The van der Waals surface area contributed by atoms with E-state index < -0.39 is 12.1 Å². The SMILES string of the molecule is COC(=O)COc1ccc(CC(C)NCC(O)c2csc(N3CCCCC3)n2)cc1.Cl. The van der Waals surface area contributed by atoms with Crippen molar-refractivity contribution in [1.82, 2.24) is 10.3 Å². The monoisotopic (exact) mass is 469 g/mol. The van der Waals surface area contributed by atoms with Gasteiger partial charge in [-0.25, -0.2) is 9.78 Å². The molecule has 9 heteroatoms. The van der Waals surface area contributed by atoms with Crippen LogP contribution in [0.4, 0.5) is 5.13 Å². The van der Waals surface area contributed by atoms with Crippen LogP contribution in [0.15, 0.2) is 29.6 Å². The van der Waals surface area contributed by atoms with Gasteiger partial charge in [0.05, 0.1) is 12.8 Å². The summed E-state index contributed by atoms with van der Waals surface area (Å²) in [7, 11) is 1.34. The molecule has 0 amide bonds. The highest BCUT2D eigenvalue weighted by Gasteiger charge is 2.18. The normalized spacial score (nSPS) is 15.6. The summed E-state index contributed by atoms with van der Waals surface area (Å²) >= 11 is 1.62. The number of piperidine rings is 1. The standard InChI is InChI=1S/C22H31N3O4S.ClH/c1-16(12-17-6-8-18(9-7-17)29-14-21(27)28-2)23-13-20(26)19-15-30-22(24-19)25-10-4-3-5-11-25;/h6-9,15-16,20,23,26H,3-5,10-14H2,1-2H3;1H. The van der Waals surface area contributed by atoms with Gasteiger partial charge in [-0.1, -0.05) is 12.1 Å². The van der Waals surface area contributed by atoms with Gasteiger partial charge >= 0.3 is 5.97 Å². The first-order valence-electron chi connectivity index (χ1n) is 10.5. The Morgan fingerprint density at radius 2 is 1.97 bits per heavy atom. The number of anilines is 1. The Morgan fingerprint density at radius 1 is 1.26 bits per heavy atom. The zero-order valence-electron chi connectivity index (χ0n) is 18.1. The van der Waals surface area contributed by atoms with Crippen LogP contribution in [0.25, 0.3) is 0 Å². The number of nitrogens with one attached hydrogen (secondary N) is 1. The van der Waals surface area contributed by atoms with Gasteiger partial charge in [0.15, 0.2) is 11.7 Å². The fourth-order valence-corrected chi connectivity index (χ4v) is 4.35. The third-order valence-corrected chi connectivity index (χ3v) is 6.11. The van der Waals surface area contributed by atoms with Crippen LogP contribution in [-0.2, 0) is 16.0 Å². The zero-order valence-corrected chi connectivity index (χ0v) is 19.7. The molecule has 1 saturated heterocycles. The maximum atomic E-state index is 11.1. The molecular formula is C22H32ClN3O4S. The molecule has 0 bridgehead atoms. The van der Waals surface area contributed by atoms with E-state index in [-0.39, 0.29) is 25.1 Å². The number of carbonyl (C=O) groups excluding carboxylic acids is 1. The number of methoxy groups -OCH3 is 1. The summed E-state index contributed by atoms with van der Waals surface area (Å²) in [5, 5.41) is 16.9. The minimum absolute atomic E-state index is 0. The highest BCUT2D eigenvalue weighted by atomic mass is 35.5. The van der Waals surface area contributed by atoms with Gasteiger partial charge in [-0.05, 0) is 50.3 Å². The molecule has 31 heavy (non-hydrogen) atoms. The average Bonchev–Trinajstić information content (AvgIpc) is 3.28. The summed E-state index contributed by atoms with van der Waals surface area (Å²) in [6.45, 7) is 4.58. The van der Waals surface area contributed by atoms with E-state index in [9.17, 15) is 9.90 Å². The van der Waals surface area contributed by atoms with Crippen molar-refractivity contribution < 1.29 is 19.4 Å². The third-order valence-electron chi connectivity index (χ3n) is 5.19. The number of aliphatic hydroxyl groups excluding tert-OH is 1. The van der Waals surface area contributed by atoms with Crippen molar-refractivity contribution >= 4 is 34.8 Å². The van der Waals surface area contributed by atoms with Gasteiger partial charge in [0.1, 0.15) is 11.9 Å². The van der Waals surface area contributed by atoms with Crippen LogP contribution < -0.4 is 15.0 Å². The summed E-state index contributed by atoms with van der Waals surface area (Å²) in [5.41, 5.74) is 1.89. The molecule has 2 heterocycles. The number of thiazole rings is 1. The molecule has 1 aromatic carbocycles. The van der Waals surface area contributed by atoms with Crippen LogP contribution in [0.1, 0.15) is 43.5 Å². The topological polar surface area (TPSA) is 83.9 Å². The van der Waals surface area contributed by atoms with E-state index in [0.717, 1.165) is 35.9 Å². The quantitative estimate of drug-likeness (QED) is 0.516. The lowest BCUT2D eigenvalue weighted by Gasteiger charge is -2.25. The lowest BCUT2D eigenvalue weighted by Crippen LogP contribution is -2.32. The molecule has 2 unspecified atom stereocenters. The largest absolute Gasteiger partial charge is 0.482 e. The molecule has 2 N–H and O–H groups in total. The van der Waals surface area contributed by atoms with Gasteiger partial charge in [0.2, 0.25) is 0 Å². The summed E-state index contributed by atoms with van der Waals surface area (Å²) in [4.78, 5) is 18.1. The first-order valence-corrected chi connectivity index (χ1v) is 11.3. The average molecular weight is 470 g/mol. The summed E-state index contributed by atoms with van der Waals surface area (Å²) in [6, 6.07) is 7.84. The molecule has 0 spiro atoms. The van der Waals surface area contributed by atoms with Crippen molar-refractivity contribution in [2.75, 3.05) is 38.3 Å². The smallest absolute Gasteiger partial charge is 0.343 e. The number of hydrogen-bond donors (Lipinski definition) is 2. The van der Waals surface area contributed by atoms with E-state index in [2.05, 4.69) is 26.9 Å². The Labute approximate surface area is 194 Å². The Kier molecular flexibility index (Phi) is 10.5. The first kappa shape index (κ1) is 25.4. The van der Waals surface area contributed by atoms with Crippen molar-refractivity contribution in [2.45, 2.75) is 44.8 Å². The number of carbonyl (C=O) groups is 1. The first-order chi connectivity index (χ1) is 14.5. The summed E-state index contributed by atoms with van der Waals surface area (Å²) < 4.78 is 9.92. The van der Waals surface area contributed by atoms with Crippen molar-refractivity contribution in [3.05, 3.63) is 40.9 Å². The molecule has 0 radical (unpaired) electrons. The second-order valence-electron chi connectivity index (χ2n) is 7.64. The lowest BCUT2D eigenvalue weighted by atomic mass is 10.1. The second kappa shape index (κ2) is 12.9. The van der Waals surface area contributed by atoms with Crippen LogP contribution in [0.3, 0.4) is 0 Å². The lowest BCUT2D eigenvalue weighted by molar-refractivity contribution is -0.142. The van der Waals surface area contributed by atoms with Crippen LogP contribution in [0, 0.1) is 0 Å². The number of rotatable bonds is 10. The Balaban J connectivity index is 0.00000341. The molecular weight excluding hydrogens is 438 g/mol. The zero-order chi connectivity index (χ0) is 21.3. The van der Waals surface area contributed by atoms with E-state index in [4.69, 9.17) is 4.74 Å². The molecule has 3 rings (SSSR count). The maximum absolute atomic E-state index is 11.1. The number of esters is 1. The molecule has 1 fully saturated rings. The summed E-state index contributed by atoms with van der Waals surface area (Å²) in [5.74, 6) is 0.229. The van der Waals surface area contributed by atoms with Gasteiger partial charge in [-0.3, -0.25) is 0 Å². The molecule has 7 nitrogen and oxygen atoms in total. The maximum Gasteiger partial charge on any atom is 0.343 e. The number of aromatic nitrogens is 1. The van der Waals surface area contributed by atoms with Crippen molar-refractivity contribution in [3.8, 4) is 5.75 Å². The number of nitrogens with zero attached hydrogens (tertiary/aromatic N) is 2. The Morgan fingerprint density at radius 3 is 2.65 bits per heavy atom. The van der Waals surface area contributed by atoms with E-state index in [1.54, 1.807) is 11.3 Å². The second-order valence-corrected chi connectivity index (χ2v) is 8.48. The highest BCUT2D eigenvalue weighted by molar-refractivity contribution is 7.13. The predicted octanol–water partition coefficient (Wildman–Crippen LogP) is 3.36. The van der Waals surface area contributed by atoms with Crippen LogP contribution in [0.5, 0.6) is 5.75 Å².